The number of methoxy groups -OCH3 is 2. The predicted molar refractivity (Wildman–Crippen MR) is 108 cm³/mol. The van der Waals surface area contributed by atoms with Gasteiger partial charge in [0.15, 0.2) is 11.5 Å². The third kappa shape index (κ3) is 2.91. The molecule has 1 aromatic carbocycles. The first-order valence-corrected chi connectivity index (χ1v) is 10.4. The van der Waals surface area contributed by atoms with Gasteiger partial charge in [-0.05, 0) is 54.5 Å². The molecule has 1 amide bonds. The molecule has 2 aromatic rings. The van der Waals surface area contributed by atoms with Crippen molar-refractivity contribution >= 4 is 40.4 Å². The minimum Gasteiger partial charge on any atom is -0.493 e. The molecular formula is C20H21Cl2NO3S. The van der Waals surface area contributed by atoms with Crippen LogP contribution in [0.5, 0.6) is 11.5 Å². The van der Waals surface area contributed by atoms with Crippen LogP contribution in [0.3, 0.4) is 0 Å². The molecule has 1 fully saturated rings. The van der Waals surface area contributed by atoms with Crippen LogP contribution in [0.15, 0.2) is 29.6 Å². The number of nitrogens with zero attached hydrogens (tertiary/aromatic N) is 1. The summed E-state index contributed by atoms with van der Waals surface area (Å²) < 4.78 is 9.98. The van der Waals surface area contributed by atoms with Crippen molar-refractivity contribution in [2.24, 2.45) is 5.41 Å². The Labute approximate surface area is 173 Å². The fraction of sp³-hybridized carbons (Fsp3) is 0.450. The predicted octanol–water partition coefficient (Wildman–Crippen LogP) is 4.82. The summed E-state index contributed by atoms with van der Waals surface area (Å²) in [7, 11) is 3.25. The summed E-state index contributed by atoms with van der Waals surface area (Å²) in [6, 6.07) is 7.89. The van der Waals surface area contributed by atoms with E-state index in [1.165, 1.54) is 5.56 Å². The number of benzene rings is 1. The van der Waals surface area contributed by atoms with Crippen molar-refractivity contribution in [3.05, 3.63) is 45.6 Å². The van der Waals surface area contributed by atoms with E-state index in [-0.39, 0.29) is 11.9 Å². The molecule has 0 N–H and O–H groups in total. The van der Waals surface area contributed by atoms with Gasteiger partial charge in [-0.2, -0.15) is 0 Å². The van der Waals surface area contributed by atoms with Crippen LogP contribution in [0, 0.1) is 5.41 Å². The van der Waals surface area contributed by atoms with Crippen LogP contribution in [-0.2, 0) is 11.2 Å². The fourth-order valence-electron chi connectivity index (χ4n) is 3.87. The molecule has 0 spiro atoms. The van der Waals surface area contributed by atoms with Crippen molar-refractivity contribution in [2.45, 2.75) is 30.1 Å². The average Bonchev–Trinajstić information content (AvgIpc) is 3.03. The number of hydrogen-bond donors (Lipinski definition) is 0. The fourth-order valence-corrected chi connectivity index (χ4v) is 5.42. The second-order valence-corrected chi connectivity index (χ2v) is 9.75. The van der Waals surface area contributed by atoms with Crippen LogP contribution in [0.4, 0.5) is 0 Å². The van der Waals surface area contributed by atoms with Crippen molar-refractivity contribution < 1.29 is 14.3 Å². The van der Waals surface area contributed by atoms with Crippen LogP contribution >= 0.6 is 34.5 Å². The molecule has 144 valence electrons. The standard InChI is InChI=1S/C20H21Cl2NO3S/c1-19(11-20(19,21)22)18(24)23-7-6-12-9-14(25-2)15(26-3)10-13(12)17(23)16-5-4-8-27-16/h4-5,8-10,17H,6-7,11H2,1-3H3/t17-,19+/m1/s1. The molecule has 2 heterocycles. The zero-order valence-electron chi connectivity index (χ0n) is 15.4. The third-order valence-electron chi connectivity index (χ3n) is 5.68. The van der Waals surface area contributed by atoms with E-state index >= 15 is 0 Å². The van der Waals surface area contributed by atoms with E-state index < -0.39 is 9.75 Å². The number of thiophene rings is 1. The minimum atomic E-state index is -0.984. The maximum Gasteiger partial charge on any atom is 0.232 e. The molecule has 0 radical (unpaired) electrons. The molecule has 1 aliphatic heterocycles. The smallest absolute Gasteiger partial charge is 0.232 e. The highest BCUT2D eigenvalue weighted by Gasteiger charge is 2.69. The van der Waals surface area contributed by atoms with Gasteiger partial charge in [0.05, 0.1) is 25.7 Å². The first-order chi connectivity index (χ1) is 12.8. The van der Waals surface area contributed by atoms with Crippen molar-refractivity contribution in [3.63, 3.8) is 0 Å². The van der Waals surface area contributed by atoms with Gasteiger partial charge in [-0.15, -0.1) is 34.5 Å². The molecule has 0 unspecified atom stereocenters. The topological polar surface area (TPSA) is 38.8 Å². The lowest BCUT2D eigenvalue weighted by atomic mass is 9.89. The van der Waals surface area contributed by atoms with Gasteiger partial charge < -0.3 is 14.4 Å². The molecule has 4 rings (SSSR count). The first kappa shape index (κ1) is 18.9. The van der Waals surface area contributed by atoms with Crippen LogP contribution in [-0.4, -0.2) is 35.9 Å². The summed E-state index contributed by atoms with van der Waals surface area (Å²) in [6.45, 7) is 2.47. The zero-order valence-corrected chi connectivity index (χ0v) is 17.7. The van der Waals surface area contributed by atoms with Gasteiger partial charge in [0.2, 0.25) is 5.91 Å². The monoisotopic (exact) mass is 425 g/mol. The molecule has 27 heavy (non-hydrogen) atoms. The summed E-state index contributed by atoms with van der Waals surface area (Å²) in [5.41, 5.74) is 1.49. The van der Waals surface area contributed by atoms with Gasteiger partial charge in [-0.25, -0.2) is 0 Å². The van der Waals surface area contributed by atoms with Gasteiger partial charge >= 0.3 is 0 Å². The number of hydrogen-bond acceptors (Lipinski definition) is 4. The van der Waals surface area contributed by atoms with Gasteiger partial charge in [0.1, 0.15) is 4.33 Å². The Morgan fingerprint density at radius 3 is 2.48 bits per heavy atom. The molecule has 0 saturated heterocycles. The van der Waals surface area contributed by atoms with Crippen LogP contribution in [0.2, 0.25) is 0 Å². The van der Waals surface area contributed by atoms with Crippen LogP contribution in [0.25, 0.3) is 0 Å². The highest BCUT2D eigenvalue weighted by molar-refractivity contribution is 7.10. The first-order valence-electron chi connectivity index (χ1n) is 8.79. The summed E-state index contributed by atoms with van der Waals surface area (Å²) in [5.74, 6) is 1.37. The minimum absolute atomic E-state index is 0.00587. The molecule has 0 bridgehead atoms. The van der Waals surface area contributed by atoms with Crippen molar-refractivity contribution in [2.75, 3.05) is 20.8 Å². The SMILES string of the molecule is COc1cc2c(cc1OC)[C@H](c1cccs1)N(C(=O)[C@]1(C)CC1(Cl)Cl)CC2. The lowest BCUT2D eigenvalue weighted by molar-refractivity contribution is -0.138. The Kier molecular flexibility index (Phi) is 4.60. The maximum atomic E-state index is 13.4. The second kappa shape index (κ2) is 6.57. The number of rotatable bonds is 4. The second-order valence-electron chi connectivity index (χ2n) is 7.29. The number of fused-ring (bicyclic) bond motifs is 1. The number of halogens is 2. The number of amides is 1. The van der Waals surface area contributed by atoms with E-state index in [1.807, 2.05) is 35.4 Å². The Hall–Kier alpha value is -1.43. The Morgan fingerprint density at radius 1 is 1.26 bits per heavy atom. The molecule has 4 nitrogen and oxygen atoms in total. The molecular weight excluding hydrogens is 405 g/mol. The highest BCUT2D eigenvalue weighted by atomic mass is 35.5. The zero-order chi connectivity index (χ0) is 19.4. The molecule has 7 heteroatoms. The van der Waals surface area contributed by atoms with Gasteiger partial charge in [-0.1, -0.05) is 6.07 Å². The Bertz CT molecular complexity index is 884. The normalized spacial score (nSPS) is 25.7. The molecule has 2 atom stereocenters. The number of carbonyl (C=O) groups is 1. The van der Waals surface area contributed by atoms with Gasteiger partial charge in [0, 0.05) is 11.4 Å². The van der Waals surface area contributed by atoms with Crippen molar-refractivity contribution in [1.82, 2.24) is 4.90 Å². The van der Waals surface area contributed by atoms with E-state index in [4.69, 9.17) is 32.7 Å². The van der Waals surface area contributed by atoms with E-state index in [0.717, 1.165) is 16.9 Å². The number of carbonyl (C=O) groups excluding carboxylic acids is 1. The third-order valence-corrected chi connectivity index (χ3v) is 7.70. The van der Waals surface area contributed by atoms with Crippen LogP contribution in [0.1, 0.15) is 35.4 Å². The lowest BCUT2D eigenvalue weighted by Gasteiger charge is -2.39. The van der Waals surface area contributed by atoms with Gasteiger partial charge in [-0.3, -0.25) is 4.79 Å². The quantitative estimate of drug-likeness (QED) is 0.658. The largest absolute Gasteiger partial charge is 0.493 e. The van der Waals surface area contributed by atoms with E-state index in [0.29, 0.717) is 24.5 Å². The summed E-state index contributed by atoms with van der Waals surface area (Å²) >= 11 is 14.2. The number of ether oxygens (including phenoxy) is 2. The van der Waals surface area contributed by atoms with Crippen LogP contribution < -0.4 is 9.47 Å². The van der Waals surface area contributed by atoms with E-state index in [9.17, 15) is 4.79 Å². The van der Waals surface area contributed by atoms with Crippen molar-refractivity contribution in [3.8, 4) is 11.5 Å². The number of alkyl halides is 2. The maximum absolute atomic E-state index is 13.4. The van der Waals surface area contributed by atoms with Gasteiger partial charge in [0.25, 0.3) is 0 Å². The van der Waals surface area contributed by atoms with E-state index in [1.54, 1.807) is 25.6 Å². The lowest BCUT2D eigenvalue weighted by Crippen LogP contribution is -2.44. The van der Waals surface area contributed by atoms with E-state index in [2.05, 4.69) is 6.07 Å². The molecule has 1 saturated carbocycles. The molecule has 1 aliphatic carbocycles. The Balaban J connectivity index is 1.81. The molecule has 2 aliphatic rings. The van der Waals surface area contributed by atoms with Crippen molar-refractivity contribution in [1.29, 1.82) is 0 Å². The highest BCUT2D eigenvalue weighted by Crippen LogP contribution is 2.65. The summed E-state index contributed by atoms with van der Waals surface area (Å²) in [6.07, 6.45) is 1.23. The average molecular weight is 426 g/mol. The Morgan fingerprint density at radius 2 is 1.93 bits per heavy atom. The summed E-state index contributed by atoms with van der Waals surface area (Å²) in [4.78, 5) is 16.4. The summed E-state index contributed by atoms with van der Waals surface area (Å²) in [5, 5.41) is 2.03. The molecule has 1 aromatic heterocycles.